The molecule has 5 nitrogen and oxygen atoms in total. The lowest BCUT2D eigenvalue weighted by atomic mass is 10.1. The fourth-order valence-electron chi connectivity index (χ4n) is 3.24. The van der Waals surface area contributed by atoms with Crippen molar-refractivity contribution in [3.05, 3.63) is 53.6 Å². The third-order valence-electron chi connectivity index (χ3n) is 4.71. The number of unbranched alkanes of at least 4 members (excludes halogenated alkanes) is 1. The van der Waals surface area contributed by atoms with Gasteiger partial charge in [0, 0.05) is 24.3 Å². The molecule has 0 spiro atoms. The second kappa shape index (κ2) is 8.71. The molecule has 0 aromatic heterocycles. The zero-order valence-electron chi connectivity index (χ0n) is 16.0. The lowest BCUT2D eigenvalue weighted by Crippen LogP contribution is -2.24. The van der Waals surface area contributed by atoms with Gasteiger partial charge >= 0.3 is 0 Å². The number of para-hydroxylation sites is 1. The van der Waals surface area contributed by atoms with E-state index in [0.29, 0.717) is 30.0 Å². The average Bonchev–Trinajstić information content (AvgIpc) is 3.08. The number of carbonyl (C=O) groups is 2. The number of rotatable bonds is 7. The van der Waals surface area contributed by atoms with E-state index in [1.54, 1.807) is 6.07 Å². The summed E-state index contributed by atoms with van der Waals surface area (Å²) in [5, 5.41) is 2.94. The molecule has 1 N–H and O–H groups in total. The molecule has 0 saturated carbocycles. The van der Waals surface area contributed by atoms with Gasteiger partial charge in [-0.15, -0.1) is 0 Å². The number of hydrogen-bond acceptors (Lipinski definition) is 3. The van der Waals surface area contributed by atoms with Crippen molar-refractivity contribution in [2.24, 2.45) is 0 Å². The number of nitrogens with zero attached hydrogens (tertiary/aromatic N) is 1. The molecule has 1 heterocycles. The summed E-state index contributed by atoms with van der Waals surface area (Å²) >= 11 is 0. The van der Waals surface area contributed by atoms with Crippen LogP contribution in [0.5, 0.6) is 5.75 Å². The Morgan fingerprint density at radius 1 is 1.22 bits per heavy atom. The van der Waals surface area contributed by atoms with Gasteiger partial charge < -0.3 is 15.0 Å². The van der Waals surface area contributed by atoms with Crippen molar-refractivity contribution in [3.8, 4) is 5.75 Å². The summed E-state index contributed by atoms with van der Waals surface area (Å²) in [4.78, 5) is 26.5. The van der Waals surface area contributed by atoms with E-state index in [1.165, 1.54) is 0 Å². The van der Waals surface area contributed by atoms with E-state index in [-0.39, 0.29) is 11.8 Å². The van der Waals surface area contributed by atoms with Crippen LogP contribution >= 0.6 is 0 Å². The number of benzene rings is 2. The number of anilines is 2. The molecule has 1 fully saturated rings. The van der Waals surface area contributed by atoms with Crippen LogP contribution < -0.4 is 15.0 Å². The van der Waals surface area contributed by atoms with E-state index in [0.717, 1.165) is 37.1 Å². The third-order valence-corrected chi connectivity index (χ3v) is 4.71. The van der Waals surface area contributed by atoms with Crippen LogP contribution in [0.2, 0.25) is 0 Å². The molecule has 1 aliphatic rings. The van der Waals surface area contributed by atoms with Crippen molar-refractivity contribution >= 4 is 23.2 Å². The van der Waals surface area contributed by atoms with Gasteiger partial charge in [0.05, 0.1) is 12.2 Å². The summed E-state index contributed by atoms with van der Waals surface area (Å²) in [5.41, 5.74) is 3.11. The highest BCUT2D eigenvalue weighted by molar-refractivity contribution is 6.06. The van der Waals surface area contributed by atoms with Gasteiger partial charge in [-0.1, -0.05) is 25.5 Å². The van der Waals surface area contributed by atoms with Crippen molar-refractivity contribution in [2.75, 3.05) is 23.4 Å². The molecule has 2 aromatic carbocycles. The molecule has 0 radical (unpaired) electrons. The maximum Gasteiger partial charge on any atom is 0.259 e. The van der Waals surface area contributed by atoms with E-state index in [9.17, 15) is 9.59 Å². The molecule has 27 heavy (non-hydrogen) atoms. The zero-order chi connectivity index (χ0) is 19.2. The fraction of sp³-hybridized carbons (Fsp3) is 0.364. The quantitative estimate of drug-likeness (QED) is 0.731. The first-order chi connectivity index (χ1) is 13.1. The Hall–Kier alpha value is -2.82. The van der Waals surface area contributed by atoms with Gasteiger partial charge in [0.15, 0.2) is 0 Å². The van der Waals surface area contributed by atoms with Crippen LogP contribution in [-0.4, -0.2) is 25.0 Å². The smallest absolute Gasteiger partial charge is 0.259 e. The topological polar surface area (TPSA) is 58.6 Å². The molecule has 2 amide bonds. The molecule has 0 bridgehead atoms. The lowest BCUT2D eigenvalue weighted by Gasteiger charge is -2.19. The van der Waals surface area contributed by atoms with Gasteiger partial charge in [0.1, 0.15) is 5.75 Å². The Morgan fingerprint density at radius 3 is 2.74 bits per heavy atom. The minimum atomic E-state index is -0.202. The van der Waals surface area contributed by atoms with Gasteiger partial charge in [-0.3, -0.25) is 9.59 Å². The maximum atomic E-state index is 12.7. The highest BCUT2D eigenvalue weighted by Crippen LogP contribution is 2.28. The Bertz CT molecular complexity index is 832. The molecular formula is C22H26N2O3. The first-order valence-corrected chi connectivity index (χ1v) is 9.54. The van der Waals surface area contributed by atoms with Crippen LogP contribution in [0.15, 0.2) is 42.5 Å². The number of ether oxygens (including phenoxy) is 1. The van der Waals surface area contributed by atoms with E-state index in [2.05, 4.69) is 12.2 Å². The minimum absolute atomic E-state index is 0.160. The van der Waals surface area contributed by atoms with Crippen molar-refractivity contribution in [1.82, 2.24) is 0 Å². The van der Waals surface area contributed by atoms with E-state index in [4.69, 9.17) is 4.74 Å². The van der Waals surface area contributed by atoms with Crippen LogP contribution in [0, 0.1) is 6.92 Å². The van der Waals surface area contributed by atoms with Crippen LogP contribution in [-0.2, 0) is 4.79 Å². The summed E-state index contributed by atoms with van der Waals surface area (Å²) in [6.07, 6.45) is 3.49. The number of amides is 2. The molecule has 0 aliphatic carbocycles. The third kappa shape index (κ3) is 4.48. The summed E-state index contributed by atoms with van der Waals surface area (Å²) in [7, 11) is 0. The first kappa shape index (κ1) is 19.0. The van der Waals surface area contributed by atoms with E-state index >= 15 is 0 Å². The van der Waals surface area contributed by atoms with Gasteiger partial charge in [0.25, 0.3) is 5.91 Å². The molecule has 0 unspecified atom stereocenters. The molecule has 142 valence electrons. The van der Waals surface area contributed by atoms with Gasteiger partial charge in [0.2, 0.25) is 5.91 Å². The summed E-state index contributed by atoms with van der Waals surface area (Å²) in [6.45, 7) is 5.41. The first-order valence-electron chi connectivity index (χ1n) is 9.54. The Morgan fingerprint density at radius 2 is 2.04 bits per heavy atom. The predicted octanol–water partition coefficient (Wildman–Crippen LogP) is 4.55. The fourth-order valence-corrected chi connectivity index (χ4v) is 3.24. The van der Waals surface area contributed by atoms with Crippen LogP contribution in [0.25, 0.3) is 0 Å². The number of aryl methyl sites for hydroxylation is 1. The van der Waals surface area contributed by atoms with Crippen LogP contribution in [0.4, 0.5) is 11.4 Å². The molecule has 2 aromatic rings. The number of carbonyl (C=O) groups excluding carboxylic acids is 2. The maximum absolute atomic E-state index is 12.7. The molecule has 1 aliphatic heterocycles. The van der Waals surface area contributed by atoms with Gasteiger partial charge in [-0.25, -0.2) is 0 Å². The van der Waals surface area contributed by atoms with Crippen molar-refractivity contribution in [2.45, 2.75) is 39.5 Å². The second-order valence-electron chi connectivity index (χ2n) is 6.80. The Kier molecular flexibility index (Phi) is 6.12. The number of hydrogen-bond donors (Lipinski definition) is 1. The number of nitrogens with one attached hydrogen (secondary N) is 1. The minimum Gasteiger partial charge on any atom is -0.493 e. The highest BCUT2D eigenvalue weighted by Gasteiger charge is 2.23. The lowest BCUT2D eigenvalue weighted by molar-refractivity contribution is -0.117. The molecule has 3 rings (SSSR count). The molecule has 0 atom stereocenters. The van der Waals surface area contributed by atoms with Gasteiger partial charge in [-0.2, -0.15) is 0 Å². The van der Waals surface area contributed by atoms with E-state index in [1.807, 2.05) is 48.2 Å². The standard InChI is InChI=1S/C22H26N2O3/c1-3-4-14-27-20-9-6-5-8-18(20)22(26)23-17-11-12-19(16(2)15-17)24-13-7-10-21(24)25/h5-6,8-9,11-12,15H,3-4,7,10,13-14H2,1-2H3,(H,23,26). The second-order valence-corrected chi connectivity index (χ2v) is 6.80. The Balaban J connectivity index is 1.73. The summed E-state index contributed by atoms with van der Waals surface area (Å²) < 4.78 is 5.75. The zero-order valence-corrected chi connectivity index (χ0v) is 16.0. The van der Waals surface area contributed by atoms with Crippen LogP contribution in [0.1, 0.15) is 48.5 Å². The van der Waals surface area contributed by atoms with E-state index < -0.39 is 0 Å². The van der Waals surface area contributed by atoms with Crippen molar-refractivity contribution in [3.63, 3.8) is 0 Å². The van der Waals surface area contributed by atoms with Gasteiger partial charge in [-0.05, 0) is 55.7 Å². The normalized spacial score (nSPS) is 13.7. The monoisotopic (exact) mass is 366 g/mol. The predicted molar refractivity (Wildman–Crippen MR) is 108 cm³/mol. The largest absolute Gasteiger partial charge is 0.493 e. The summed E-state index contributed by atoms with van der Waals surface area (Å²) in [6, 6.07) is 12.9. The van der Waals surface area contributed by atoms with Crippen molar-refractivity contribution < 1.29 is 14.3 Å². The highest BCUT2D eigenvalue weighted by atomic mass is 16.5. The van der Waals surface area contributed by atoms with Crippen molar-refractivity contribution in [1.29, 1.82) is 0 Å². The molecule has 5 heteroatoms. The average molecular weight is 366 g/mol. The van der Waals surface area contributed by atoms with Crippen LogP contribution in [0.3, 0.4) is 0 Å². The Labute approximate surface area is 160 Å². The summed E-state index contributed by atoms with van der Waals surface area (Å²) in [5.74, 6) is 0.555. The molecule has 1 saturated heterocycles. The SMILES string of the molecule is CCCCOc1ccccc1C(=O)Nc1ccc(N2CCCC2=O)c(C)c1. The molecular weight excluding hydrogens is 340 g/mol.